The van der Waals surface area contributed by atoms with Gasteiger partial charge in [-0.15, -0.1) is 0 Å². The molecule has 2 saturated heterocycles. The second-order valence-corrected chi connectivity index (χ2v) is 6.10. The highest BCUT2D eigenvalue weighted by molar-refractivity contribution is 5.91. The van der Waals surface area contributed by atoms with Gasteiger partial charge in [0.25, 0.3) is 5.91 Å². The molecule has 2 fully saturated rings. The van der Waals surface area contributed by atoms with Crippen LogP contribution in [0.2, 0.25) is 0 Å². The van der Waals surface area contributed by atoms with E-state index in [9.17, 15) is 9.59 Å². The Bertz CT molecular complexity index is 554. The fraction of sp³-hybridized carbons (Fsp3) is 0.667. The average Bonchev–Trinajstić information content (AvgIpc) is 2.86. The van der Waals surface area contributed by atoms with Crippen molar-refractivity contribution in [2.24, 2.45) is 5.92 Å². The highest BCUT2D eigenvalue weighted by atomic mass is 16.5. The first-order valence-corrected chi connectivity index (χ1v) is 7.54. The van der Waals surface area contributed by atoms with Crippen molar-refractivity contribution < 1.29 is 14.1 Å². The van der Waals surface area contributed by atoms with Gasteiger partial charge < -0.3 is 14.3 Å². The normalized spacial score (nSPS) is 26.5. The molecule has 0 aromatic carbocycles. The average molecular weight is 291 g/mol. The van der Waals surface area contributed by atoms with Crippen LogP contribution in [0.15, 0.2) is 10.6 Å². The highest BCUT2D eigenvalue weighted by Crippen LogP contribution is 2.30. The third-order valence-electron chi connectivity index (χ3n) is 4.68. The third kappa shape index (κ3) is 2.66. The van der Waals surface area contributed by atoms with Gasteiger partial charge >= 0.3 is 0 Å². The Morgan fingerprint density at radius 1 is 1.43 bits per heavy atom. The van der Waals surface area contributed by atoms with E-state index < -0.39 is 0 Å². The molecule has 6 heteroatoms. The molecule has 2 aliphatic rings. The van der Waals surface area contributed by atoms with E-state index in [1.54, 1.807) is 13.0 Å². The zero-order valence-corrected chi connectivity index (χ0v) is 12.5. The molecule has 21 heavy (non-hydrogen) atoms. The van der Waals surface area contributed by atoms with Crippen LogP contribution in [0.3, 0.4) is 0 Å². The van der Waals surface area contributed by atoms with Gasteiger partial charge in [-0.2, -0.15) is 0 Å². The van der Waals surface area contributed by atoms with Crippen LogP contribution in [0.4, 0.5) is 0 Å². The summed E-state index contributed by atoms with van der Waals surface area (Å²) in [6.07, 6.45) is 3.37. The lowest BCUT2D eigenvalue weighted by Crippen LogP contribution is -2.51. The topological polar surface area (TPSA) is 66.7 Å². The van der Waals surface area contributed by atoms with E-state index >= 15 is 0 Å². The lowest BCUT2D eigenvalue weighted by atomic mass is 9.88. The molecule has 0 aliphatic carbocycles. The van der Waals surface area contributed by atoms with Crippen molar-refractivity contribution in [2.75, 3.05) is 20.1 Å². The number of amides is 2. The van der Waals surface area contributed by atoms with Crippen molar-refractivity contribution in [3.63, 3.8) is 0 Å². The molecule has 0 unspecified atom stereocenters. The molecule has 0 N–H and O–H groups in total. The number of rotatable bonds is 1. The van der Waals surface area contributed by atoms with Crippen LogP contribution in [-0.4, -0.2) is 52.9 Å². The van der Waals surface area contributed by atoms with Gasteiger partial charge in [0.15, 0.2) is 0 Å². The number of aromatic nitrogens is 1. The summed E-state index contributed by atoms with van der Waals surface area (Å²) >= 11 is 0. The first-order valence-electron chi connectivity index (χ1n) is 7.54. The fourth-order valence-corrected chi connectivity index (χ4v) is 3.49. The Labute approximate surface area is 124 Å². The second kappa shape index (κ2) is 5.50. The van der Waals surface area contributed by atoms with Crippen LogP contribution < -0.4 is 0 Å². The Morgan fingerprint density at radius 2 is 2.24 bits per heavy atom. The molecule has 6 nitrogen and oxygen atoms in total. The van der Waals surface area contributed by atoms with Crippen LogP contribution >= 0.6 is 0 Å². The summed E-state index contributed by atoms with van der Waals surface area (Å²) in [5.74, 6) is 0.813. The number of carbonyl (C=O) groups is 2. The Balaban J connectivity index is 1.72. The minimum Gasteiger partial charge on any atom is -0.351 e. The Hall–Kier alpha value is -1.85. The number of aryl methyl sites for hydroxylation is 1. The smallest absolute Gasteiger partial charge is 0.292 e. The molecule has 1 aromatic rings. The first kappa shape index (κ1) is 14.1. The summed E-state index contributed by atoms with van der Waals surface area (Å²) < 4.78 is 5.07. The van der Waals surface area contributed by atoms with Gasteiger partial charge in [0.05, 0.1) is 5.69 Å². The maximum absolute atomic E-state index is 12.4. The van der Waals surface area contributed by atoms with Gasteiger partial charge in [0.1, 0.15) is 0 Å². The quantitative estimate of drug-likeness (QED) is 0.785. The number of nitrogens with zero attached hydrogens (tertiary/aromatic N) is 3. The molecule has 0 radical (unpaired) electrons. The Kier molecular flexibility index (Phi) is 3.69. The number of fused-ring (bicyclic) bond motifs is 1. The fourth-order valence-electron chi connectivity index (χ4n) is 3.49. The molecule has 0 bridgehead atoms. The minimum absolute atomic E-state index is 0.0905. The molecule has 0 spiro atoms. The van der Waals surface area contributed by atoms with Gasteiger partial charge in [0, 0.05) is 38.7 Å². The summed E-state index contributed by atoms with van der Waals surface area (Å²) in [6.45, 7) is 3.16. The van der Waals surface area contributed by atoms with E-state index in [1.807, 2.05) is 16.8 Å². The summed E-state index contributed by atoms with van der Waals surface area (Å²) in [4.78, 5) is 28.1. The van der Waals surface area contributed by atoms with E-state index in [2.05, 4.69) is 5.16 Å². The summed E-state index contributed by atoms with van der Waals surface area (Å²) in [5.41, 5.74) is 0.716. The highest BCUT2D eigenvalue weighted by Gasteiger charge is 2.37. The third-order valence-corrected chi connectivity index (χ3v) is 4.68. The maximum Gasteiger partial charge on any atom is 0.292 e. The molecule has 0 saturated carbocycles. The molecule has 2 amide bonds. The van der Waals surface area contributed by atoms with Gasteiger partial charge in [-0.25, -0.2) is 0 Å². The number of carbonyl (C=O) groups excluding carboxylic acids is 2. The molecule has 2 atom stereocenters. The number of piperidine rings is 1. The first-order chi connectivity index (χ1) is 10.1. The van der Waals surface area contributed by atoms with Crippen LogP contribution in [0.5, 0.6) is 0 Å². The van der Waals surface area contributed by atoms with Crippen molar-refractivity contribution in [3.8, 4) is 0 Å². The van der Waals surface area contributed by atoms with E-state index in [-0.39, 0.29) is 17.9 Å². The SMILES string of the molecule is Cc1cc(C(=O)N2CC[C@@H]3[C@@H](CCCC(=O)N3C)C2)on1. The molecular formula is C15H21N3O3. The van der Waals surface area contributed by atoms with Crippen LogP contribution in [0, 0.1) is 12.8 Å². The summed E-state index contributed by atoms with van der Waals surface area (Å²) in [6, 6.07) is 1.94. The van der Waals surface area contributed by atoms with Gasteiger partial charge in [-0.3, -0.25) is 9.59 Å². The molecular weight excluding hydrogens is 270 g/mol. The maximum atomic E-state index is 12.4. The van der Waals surface area contributed by atoms with E-state index in [0.717, 1.165) is 19.3 Å². The van der Waals surface area contributed by atoms with Crippen molar-refractivity contribution in [3.05, 3.63) is 17.5 Å². The number of hydrogen-bond acceptors (Lipinski definition) is 4. The molecule has 114 valence electrons. The lowest BCUT2D eigenvalue weighted by molar-refractivity contribution is -0.132. The second-order valence-electron chi connectivity index (χ2n) is 6.10. The van der Waals surface area contributed by atoms with Gasteiger partial charge in [-0.1, -0.05) is 5.16 Å². The van der Waals surface area contributed by atoms with E-state index in [4.69, 9.17) is 4.52 Å². The summed E-state index contributed by atoms with van der Waals surface area (Å²) in [7, 11) is 1.89. The van der Waals surface area contributed by atoms with Crippen molar-refractivity contribution in [2.45, 2.75) is 38.6 Å². The minimum atomic E-state index is -0.0905. The zero-order valence-electron chi connectivity index (χ0n) is 12.5. The van der Waals surface area contributed by atoms with Crippen molar-refractivity contribution in [1.29, 1.82) is 0 Å². The molecule has 1 aromatic heterocycles. The van der Waals surface area contributed by atoms with Gasteiger partial charge in [-0.05, 0) is 32.1 Å². The van der Waals surface area contributed by atoms with Gasteiger partial charge in [0.2, 0.25) is 11.7 Å². The number of likely N-dealkylation sites (tertiary alicyclic amines) is 2. The van der Waals surface area contributed by atoms with Crippen LogP contribution in [0.25, 0.3) is 0 Å². The summed E-state index contributed by atoms with van der Waals surface area (Å²) in [5, 5.41) is 3.78. The largest absolute Gasteiger partial charge is 0.351 e. The predicted molar refractivity (Wildman–Crippen MR) is 75.7 cm³/mol. The van der Waals surface area contributed by atoms with E-state index in [0.29, 0.717) is 36.9 Å². The number of hydrogen-bond donors (Lipinski definition) is 0. The standard InChI is InChI=1S/C15H21N3O3/c1-10-8-13(21-16-10)15(20)18-7-6-12-11(9-18)4-3-5-14(19)17(12)2/h8,11-12H,3-7,9H2,1-2H3/t11-,12+/m0/s1. The van der Waals surface area contributed by atoms with E-state index in [1.165, 1.54) is 0 Å². The van der Waals surface area contributed by atoms with Crippen molar-refractivity contribution in [1.82, 2.24) is 15.0 Å². The monoisotopic (exact) mass is 291 g/mol. The predicted octanol–water partition coefficient (Wildman–Crippen LogP) is 1.46. The van der Waals surface area contributed by atoms with Crippen molar-refractivity contribution >= 4 is 11.8 Å². The lowest BCUT2D eigenvalue weighted by Gasteiger charge is -2.41. The van der Waals surface area contributed by atoms with Crippen LogP contribution in [0.1, 0.15) is 41.9 Å². The Morgan fingerprint density at radius 3 is 2.95 bits per heavy atom. The molecule has 3 heterocycles. The molecule has 3 rings (SSSR count). The zero-order chi connectivity index (χ0) is 15.0. The molecule has 2 aliphatic heterocycles. The van der Waals surface area contributed by atoms with Crippen LogP contribution in [-0.2, 0) is 4.79 Å².